The minimum absolute atomic E-state index is 0. The van der Waals surface area contributed by atoms with Crippen molar-refractivity contribution in [3.63, 3.8) is 0 Å². The maximum Gasteiger partial charge on any atom is 0.124 e. The lowest BCUT2D eigenvalue weighted by atomic mass is 9.78. The molecule has 3 heteroatoms. The Morgan fingerprint density at radius 1 is 0.800 bits per heavy atom. The molecule has 4 aromatic rings. The van der Waals surface area contributed by atoms with E-state index < -0.39 is 0 Å². The molecule has 0 saturated carbocycles. The van der Waals surface area contributed by atoms with Gasteiger partial charge in [-0.3, -0.25) is 0 Å². The van der Waals surface area contributed by atoms with E-state index in [9.17, 15) is 0 Å². The average Bonchev–Trinajstić information content (AvgIpc) is 3.16. The molecule has 0 bridgehead atoms. The molecule has 2 aromatic carbocycles. The Bertz CT molecular complexity index is 1180. The largest absolute Gasteiger partial charge is 0.242 e. The number of hydrogen-bond acceptors (Lipinski definition) is 2. The summed E-state index contributed by atoms with van der Waals surface area (Å²) in [5.74, 6) is 0.597. The van der Waals surface area contributed by atoms with Crippen LogP contribution in [0.3, 0.4) is 0 Å². The van der Waals surface area contributed by atoms with E-state index in [2.05, 4.69) is 60.7 Å². The van der Waals surface area contributed by atoms with Gasteiger partial charge in [0, 0.05) is 16.0 Å². The highest BCUT2D eigenvalue weighted by atomic mass is 35.5. The fourth-order valence-corrected chi connectivity index (χ4v) is 6.68. The molecule has 2 heterocycles. The Morgan fingerprint density at radius 3 is 2.33 bits per heavy atom. The molecule has 0 N–H and O–H groups in total. The molecule has 0 fully saturated rings. The van der Waals surface area contributed by atoms with E-state index in [0.29, 0.717) is 5.92 Å². The molecular formula is C27H26ClNS. The van der Waals surface area contributed by atoms with E-state index in [4.69, 9.17) is 4.98 Å². The molecule has 2 aromatic heterocycles. The van der Waals surface area contributed by atoms with Gasteiger partial charge in [-0.15, -0.1) is 23.7 Å². The van der Waals surface area contributed by atoms with Gasteiger partial charge in [0.1, 0.15) is 4.83 Å². The van der Waals surface area contributed by atoms with Crippen molar-refractivity contribution in [3.05, 3.63) is 87.9 Å². The summed E-state index contributed by atoms with van der Waals surface area (Å²) in [6.07, 6.45) is 8.51. The number of aromatic nitrogens is 1. The first kappa shape index (κ1) is 19.8. The molecule has 1 unspecified atom stereocenters. The van der Waals surface area contributed by atoms with Crippen molar-refractivity contribution in [3.8, 4) is 11.1 Å². The number of fused-ring (bicyclic) bond motifs is 4. The smallest absolute Gasteiger partial charge is 0.124 e. The second-order valence-electron chi connectivity index (χ2n) is 8.52. The van der Waals surface area contributed by atoms with E-state index in [0.717, 1.165) is 12.8 Å². The van der Waals surface area contributed by atoms with Crippen LogP contribution in [0.25, 0.3) is 21.3 Å². The summed E-state index contributed by atoms with van der Waals surface area (Å²) in [6.45, 7) is 0. The van der Waals surface area contributed by atoms with Crippen molar-refractivity contribution in [2.75, 3.05) is 0 Å². The lowest BCUT2D eigenvalue weighted by molar-refractivity contribution is 0.577. The van der Waals surface area contributed by atoms with Crippen LogP contribution in [-0.2, 0) is 25.7 Å². The normalized spacial score (nSPS) is 17.8. The van der Waals surface area contributed by atoms with Gasteiger partial charge < -0.3 is 0 Å². The molecule has 30 heavy (non-hydrogen) atoms. The molecular weight excluding hydrogens is 406 g/mol. The minimum atomic E-state index is 0. The third-order valence-corrected chi connectivity index (χ3v) is 7.99. The number of hydrogen-bond donors (Lipinski definition) is 0. The van der Waals surface area contributed by atoms with Crippen molar-refractivity contribution >= 4 is 34.0 Å². The van der Waals surface area contributed by atoms with Crippen molar-refractivity contribution in [1.82, 2.24) is 4.98 Å². The van der Waals surface area contributed by atoms with Gasteiger partial charge in [0.2, 0.25) is 0 Å². The van der Waals surface area contributed by atoms with Gasteiger partial charge in [-0.25, -0.2) is 4.98 Å². The number of pyridine rings is 1. The van der Waals surface area contributed by atoms with Gasteiger partial charge in [0.15, 0.2) is 0 Å². The maximum absolute atomic E-state index is 5.25. The zero-order valence-electron chi connectivity index (χ0n) is 17.1. The molecule has 0 radical (unpaired) electrons. The first-order valence-corrected chi connectivity index (χ1v) is 11.8. The summed E-state index contributed by atoms with van der Waals surface area (Å²) in [7, 11) is 0. The quantitative estimate of drug-likeness (QED) is 0.319. The molecule has 152 valence electrons. The molecule has 1 atom stereocenters. The molecule has 2 aliphatic carbocycles. The van der Waals surface area contributed by atoms with E-state index >= 15 is 0 Å². The lowest BCUT2D eigenvalue weighted by Crippen LogP contribution is -2.15. The highest BCUT2D eigenvalue weighted by Crippen LogP contribution is 2.46. The van der Waals surface area contributed by atoms with Gasteiger partial charge in [-0.1, -0.05) is 60.7 Å². The highest BCUT2D eigenvalue weighted by Gasteiger charge is 2.28. The molecule has 6 rings (SSSR count). The summed E-state index contributed by atoms with van der Waals surface area (Å²) in [5, 5.41) is 1.48. The number of aryl methyl sites for hydroxylation is 3. The molecule has 0 amide bonds. The summed E-state index contributed by atoms with van der Waals surface area (Å²) in [5.41, 5.74) is 8.80. The Balaban J connectivity index is 0.00000193. The number of rotatable bonds is 2. The Kier molecular flexibility index (Phi) is 5.39. The highest BCUT2D eigenvalue weighted by molar-refractivity contribution is 7.19. The second kappa shape index (κ2) is 8.17. The van der Waals surface area contributed by atoms with Crippen molar-refractivity contribution in [2.45, 2.75) is 50.9 Å². The third-order valence-electron chi connectivity index (χ3n) is 6.80. The molecule has 1 nitrogen and oxygen atoms in total. The number of halogens is 1. The summed E-state index contributed by atoms with van der Waals surface area (Å²) < 4.78 is 0. The summed E-state index contributed by atoms with van der Waals surface area (Å²) >= 11 is 1.97. The Hall–Kier alpha value is -2.16. The Labute approximate surface area is 188 Å². The number of nitrogens with zero attached hydrogens (tertiary/aromatic N) is 1. The van der Waals surface area contributed by atoms with Crippen molar-refractivity contribution < 1.29 is 0 Å². The molecule has 2 aliphatic rings. The topological polar surface area (TPSA) is 12.9 Å². The number of thiophene rings is 1. The molecule has 0 saturated heterocycles. The molecule has 0 spiro atoms. The van der Waals surface area contributed by atoms with Crippen LogP contribution < -0.4 is 0 Å². The SMILES string of the molecule is Cl.c1ccc(-c2c3c(nc4sc5c(c24)CCCC5)CCC(c2ccccc2)C3)cc1. The fourth-order valence-electron chi connectivity index (χ4n) is 5.39. The van der Waals surface area contributed by atoms with Gasteiger partial charge in [0.05, 0.1) is 0 Å². The van der Waals surface area contributed by atoms with E-state index in [1.165, 1.54) is 70.3 Å². The Morgan fingerprint density at radius 2 is 1.53 bits per heavy atom. The molecule has 0 aliphatic heterocycles. The van der Waals surface area contributed by atoms with E-state index in [1.807, 2.05) is 11.3 Å². The number of benzene rings is 2. The predicted octanol–water partition coefficient (Wildman–Crippen LogP) is 7.54. The maximum atomic E-state index is 5.25. The van der Waals surface area contributed by atoms with Gasteiger partial charge >= 0.3 is 0 Å². The van der Waals surface area contributed by atoms with Crippen LogP contribution in [0.2, 0.25) is 0 Å². The fraction of sp³-hybridized carbons (Fsp3) is 0.296. The van der Waals surface area contributed by atoms with Gasteiger partial charge in [-0.2, -0.15) is 0 Å². The van der Waals surface area contributed by atoms with Gasteiger partial charge in [0.25, 0.3) is 0 Å². The van der Waals surface area contributed by atoms with Crippen molar-refractivity contribution in [1.29, 1.82) is 0 Å². The predicted molar refractivity (Wildman–Crippen MR) is 130 cm³/mol. The van der Waals surface area contributed by atoms with Gasteiger partial charge in [-0.05, 0) is 78.7 Å². The first-order chi connectivity index (χ1) is 14.4. The summed E-state index contributed by atoms with van der Waals surface area (Å²) in [4.78, 5) is 8.13. The van der Waals surface area contributed by atoms with E-state index in [-0.39, 0.29) is 12.4 Å². The zero-order chi connectivity index (χ0) is 19.2. The monoisotopic (exact) mass is 431 g/mol. The second-order valence-corrected chi connectivity index (χ2v) is 9.60. The average molecular weight is 432 g/mol. The van der Waals surface area contributed by atoms with Crippen molar-refractivity contribution in [2.24, 2.45) is 0 Å². The van der Waals surface area contributed by atoms with E-state index in [1.54, 1.807) is 10.4 Å². The first-order valence-electron chi connectivity index (χ1n) is 10.9. The third kappa shape index (κ3) is 3.27. The van der Waals surface area contributed by atoms with Crippen LogP contribution in [0, 0.1) is 0 Å². The van der Waals surface area contributed by atoms with Crippen LogP contribution in [0.15, 0.2) is 60.7 Å². The van der Waals surface area contributed by atoms with Crippen LogP contribution in [0.1, 0.15) is 52.4 Å². The minimum Gasteiger partial charge on any atom is -0.242 e. The van der Waals surface area contributed by atoms with Crippen LogP contribution in [0.4, 0.5) is 0 Å². The summed E-state index contributed by atoms with van der Waals surface area (Å²) in [6, 6.07) is 22.2. The van der Waals surface area contributed by atoms with Crippen LogP contribution in [0.5, 0.6) is 0 Å². The standard InChI is InChI=1S/C27H25NS.ClH/c1-3-9-18(10-4-1)20-15-16-23-22(17-20)25(19-11-5-2-6-12-19)26-21-13-7-8-14-24(21)29-27(26)28-23;/h1-6,9-12,20H,7-8,13-17H2;1H. The lowest BCUT2D eigenvalue weighted by Gasteiger charge is -2.27. The van der Waals surface area contributed by atoms with Crippen LogP contribution in [-0.4, -0.2) is 4.98 Å². The van der Waals surface area contributed by atoms with Crippen LogP contribution >= 0.6 is 23.7 Å². The zero-order valence-corrected chi connectivity index (χ0v) is 18.7.